The molecule has 0 fully saturated rings. The van der Waals surface area contributed by atoms with Crippen LogP contribution in [0.1, 0.15) is 204 Å². The van der Waals surface area contributed by atoms with Gasteiger partial charge in [-0.2, -0.15) is 25.5 Å². The van der Waals surface area contributed by atoms with Gasteiger partial charge in [0.15, 0.2) is 5.78 Å². The lowest BCUT2D eigenvalue weighted by Gasteiger charge is -2.15. The number of carbonyl (C=O) groups is 1. The molecule has 0 radical (unpaired) electrons. The summed E-state index contributed by atoms with van der Waals surface area (Å²) in [5, 5.41) is 43.4. The number of aromatic amines is 5. The van der Waals surface area contributed by atoms with Crippen LogP contribution in [0, 0.1) is 0 Å². The number of aromatic nitrogens is 10. The summed E-state index contributed by atoms with van der Waals surface area (Å²) in [5.74, 6) is 5.35. The second kappa shape index (κ2) is 47.7. The Bertz CT molecular complexity index is 4750. The van der Waals surface area contributed by atoms with Gasteiger partial charge < -0.3 is 52.9 Å². The third-order valence-corrected chi connectivity index (χ3v) is 19.2. The minimum Gasteiger partial charge on any atom is -0.494 e. The number of carbonyl (C=O) groups excluding carboxylic acids is 1. The number of nitrogens with one attached hydrogen (secondary N) is 5. The molecule has 12 rings (SSSR count). The second-order valence-electron chi connectivity index (χ2n) is 30.5. The van der Waals surface area contributed by atoms with Gasteiger partial charge in [0.1, 0.15) is 47.7 Å². The molecule has 0 unspecified atom stereocenters. The van der Waals surface area contributed by atoms with Gasteiger partial charge in [-0.1, -0.05) is 104 Å². The van der Waals surface area contributed by atoms with Crippen LogP contribution in [0.2, 0.25) is 0 Å². The van der Waals surface area contributed by atoms with Crippen molar-refractivity contribution in [2.45, 2.75) is 212 Å². The van der Waals surface area contributed by atoms with Gasteiger partial charge in [-0.05, 0) is 268 Å². The molecule has 12 aromatic rings. The van der Waals surface area contributed by atoms with E-state index in [1.165, 1.54) is 75.3 Å². The number of hydrogen-bond acceptors (Lipinski definition) is 17. The van der Waals surface area contributed by atoms with Crippen LogP contribution >= 0.6 is 0 Å². The van der Waals surface area contributed by atoms with Gasteiger partial charge in [0.2, 0.25) is 0 Å². The quantitative estimate of drug-likeness (QED) is 0.0224. The van der Waals surface area contributed by atoms with E-state index in [2.05, 4.69) is 177 Å². The van der Waals surface area contributed by atoms with Gasteiger partial charge in [-0.3, -0.25) is 30.3 Å². The minimum atomic E-state index is 0.0634. The Labute approximate surface area is 677 Å². The molecule has 5 aromatic heterocycles. The monoisotopic (exact) mass is 1560 g/mol. The zero-order valence-electron chi connectivity index (χ0n) is 71.4. The summed E-state index contributed by atoms with van der Waals surface area (Å²) in [6, 6.07) is 45.9. The summed E-state index contributed by atoms with van der Waals surface area (Å²) in [6.45, 7) is 37.2. The normalized spacial score (nSPS) is 11.4. The van der Waals surface area contributed by atoms with E-state index in [1.54, 1.807) is 6.92 Å². The highest BCUT2D eigenvalue weighted by Crippen LogP contribution is 2.30. The summed E-state index contributed by atoms with van der Waals surface area (Å²) >= 11 is 0. The van der Waals surface area contributed by atoms with Gasteiger partial charge in [-0.15, -0.1) is 0 Å². The maximum atomic E-state index is 11.5. The highest BCUT2D eigenvalue weighted by atomic mass is 16.5. The molecule has 0 aliphatic carbocycles. The fourth-order valence-corrected chi connectivity index (χ4v) is 12.9. The van der Waals surface area contributed by atoms with Gasteiger partial charge in [0.25, 0.3) is 0 Å². The number of hydrogen-bond donors (Lipinski definition) is 5. The lowest BCUT2D eigenvalue weighted by molar-refractivity contribution is 0.101. The molecule has 22 nitrogen and oxygen atoms in total. The first-order valence-electron chi connectivity index (χ1n) is 41.5. The van der Waals surface area contributed by atoms with Gasteiger partial charge in [0, 0.05) is 65.2 Å². The van der Waals surface area contributed by atoms with Crippen LogP contribution in [-0.2, 0) is 45.9 Å². The first kappa shape index (κ1) is 89.7. The third-order valence-electron chi connectivity index (χ3n) is 19.2. The zero-order chi connectivity index (χ0) is 81.7. The van der Waals surface area contributed by atoms with Crippen molar-refractivity contribution in [3.63, 3.8) is 0 Å². The van der Waals surface area contributed by atoms with E-state index in [9.17, 15) is 4.79 Å². The SMILES string of the molecule is CCCCN(C)Cc1[nH]nc2ccc(OC(C)C)cc12.CCCCN(C)Cc1[nH]nc2ccc(OCC)cc12.CCCCN(C)Cc1[nH]nc2ccc(OCCC)cc12.CCCCN(C)Cc1[nH]nc2ccc(OCc3ccc(OC(C)C)cc3)cc12.CCCCN(C)Cc1[nH]nc2ccc(OCc3cccc(C(C)=O)c3)cc12. The molecule has 114 heavy (non-hydrogen) atoms. The summed E-state index contributed by atoms with van der Waals surface area (Å²) in [5.41, 5.74) is 13.5. The number of ether oxygens (including phenoxy) is 6. The molecule has 0 aliphatic heterocycles. The number of benzene rings is 7. The van der Waals surface area contributed by atoms with E-state index in [4.69, 9.17) is 28.4 Å². The molecular formula is C92H131N15O7. The Kier molecular flexibility index (Phi) is 37.6. The Morgan fingerprint density at radius 1 is 0.342 bits per heavy atom. The average Bonchev–Trinajstić information content (AvgIpc) is 1.69. The Hall–Kier alpha value is -9.84. The molecule has 0 saturated heterocycles. The molecule has 5 heterocycles. The average molecular weight is 1560 g/mol. The van der Waals surface area contributed by atoms with Crippen molar-refractivity contribution in [2.75, 3.05) is 81.2 Å². The molecule has 0 saturated carbocycles. The standard InChI is InChI=1S/C23H31N3O2.C22H27N3O2.2C16H25N3O.C15H23N3O/c1-5-6-13-26(4)15-23-21-14-20(11-12-22(21)24-25-23)27-16-18-7-9-19(10-8-18)28-17(2)3;1-4-5-11-25(3)14-22-20-13-19(9-10-21(20)23-24-22)27-15-17-7-6-8-18(12-17)16(2)26;1-5-6-9-19(4)11-16-14-10-13(20-12(2)3)7-8-15(14)17-18-16;1-4-6-9-19(3)12-16-14-11-13(20-10-5-2)7-8-15(14)17-18-16;1-4-6-9-18(3)11-15-13-10-12(19-5-2)7-8-14(13)16-17-15/h7-12,14,17H,5-6,13,15-16H2,1-4H3,(H,24,25);6-10,12-13H,4-5,11,14-15H2,1-3H3,(H,23,24);7-8,10,12H,5-6,9,11H2,1-4H3,(H,17,18);7-8,11H,4-6,9-10,12H2,1-3H3,(H,17,18);7-8,10H,4-6,9,11H2,1-3H3,(H,16,17). The highest BCUT2D eigenvalue weighted by molar-refractivity contribution is 5.94. The second-order valence-corrected chi connectivity index (χ2v) is 30.5. The van der Waals surface area contributed by atoms with Gasteiger partial charge in [0.05, 0.1) is 81.5 Å². The Balaban J connectivity index is 0.000000180. The number of fused-ring (bicyclic) bond motifs is 5. The molecule has 0 aliphatic rings. The first-order chi connectivity index (χ1) is 55.2. The number of Topliss-reactive ketones (excluding diaryl/α,β-unsaturated/α-hetero) is 1. The highest BCUT2D eigenvalue weighted by Gasteiger charge is 2.16. The molecule has 0 bridgehead atoms. The van der Waals surface area contributed by atoms with Gasteiger partial charge in [-0.25, -0.2) is 0 Å². The Morgan fingerprint density at radius 2 is 0.640 bits per heavy atom. The fourth-order valence-electron chi connectivity index (χ4n) is 12.9. The smallest absolute Gasteiger partial charge is 0.159 e. The summed E-state index contributed by atoms with van der Waals surface area (Å²) < 4.78 is 34.7. The molecule has 0 atom stereocenters. The lowest BCUT2D eigenvalue weighted by Crippen LogP contribution is -2.19. The van der Waals surface area contributed by atoms with Crippen molar-refractivity contribution in [1.82, 2.24) is 75.5 Å². The third kappa shape index (κ3) is 29.2. The van der Waals surface area contributed by atoms with Crippen molar-refractivity contribution in [2.24, 2.45) is 0 Å². The molecule has 7 aromatic carbocycles. The molecular weight excluding hydrogens is 1430 g/mol. The molecule has 5 N–H and O–H groups in total. The topological polar surface area (TPSA) is 232 Å². The van der Waals surface area contributed by atoms with E-state index in [1.807, 2.05) is 150 Å². The number of nitrogens with zero attached hydrogens (tertiary/aromatic N) is 10. The zero-order valence-corrected chi connectivity index (χ0v) is 71.4. The molecule has 0 spiro atoms. The predicted octanol–water partition coefficient (Wildman–Crippen LogP) is 20.1. The summed E-state index contributed by atoms with van der Waals surface area (Å²) in [4.78, 5) is 23.1. The van der Waals surface area contributed by atoms with Crippen LogP contribution in [0.15, 0.2) is 140 Å². The molecule has 0 amide bonds. The maximum Gasteiger partial charge on any atom is 0.159 e. The Morgan fingerprint density at radius 3 is 0.956 bits per heavy atom. The van der Waals surface area contributed by atoms with Crippen LogP contribution in [0.5, 0.6) is 34.5 Å². The summed E-state index contributed by atoms with van der Waals surface area (Å²) in [6.07, 6.45) is 13.5. The van der Waals surface area contributed by atoms with Crippen LogP contribution in [0.3, 0.4) is 0 Å². The number of unbranched alkanes of at least 4 members (excludes halogenated alkanes) is 5. The number of rotatable bonds is 41. The van der Waals surface area contributed by atoms with Crippen molar-refractivity contribution in [3.05, 3.63) is 185 Å². The van der Waals surface area contributed by atoms with E-state index < -0.39 is 0 Å². The number of H-pyrrole nitrogens is 5. The first-order valence-corrected chi connectivity index (χ1v) is 41.5. The fraction of sp³-hybridized carbons (Fsp3) is 0.478. The molecule has 616 valence electrons. The maximum absolute atomic E-state index is 11.5. The van der Waals surface area contributed by atoms with E-state index >= 15 is 0 Å². The van der Waals surface area contributed by atoms with Gasteiger partial charge >= 0.3 is 0 Å². The van der Waals surface area contributed by atoms with Crippen LogP contribution in [0.4, 0.5) is 0 Å². The van der Waals surface area contributed by atoms with Crippen molar-refractivity contribution in [3.8, 4) is 34.5 Å². The van der Waals surface area contributed by atoms with Crippen LogP contribution in [0.25, 0.3) is 54.5 Å². The van der Waals surface area contributed by atoms with Crippen molar-refractivity contribution < 1.29 is 33.2 Å². The van der Waals surface area contributed by atoms with E-state index in [-0.39, 0.29) is 18.0 Å². The minimum absolute atomic E-state index is 0.0634. The van der Waals surface area contributed by atoms with Crippen LogP contribution < -0.4 is 28.4 Å². The predicted molar refractivity (Wildman–Crippen MR) is 467 cm³/mol. The largest absolute Gasteiger partial charge is 0.494 e. The molecule has 22 heteroatoms. The van der Waals surface area contributed by atoms with Crippen molar-refractivity contribution in [1.29, 1.82) is 0 Å². The summed E-state index contributed by atoms with van der Waals surface area (Å²) in [7, 11) is 10.7. The van der Waals surface area contributed by atoms with E-state index in [0.29, 0.717) is 25.4 Å². The van der Waals surface area contributed by atoms with E-state index in [0.717, 1.165) is 196 Å². The lowest BCUT2D eigenvalue weighted by atomic mass is 10.1. The number of ketones is 1. The van der Waals surface area contributed by atoms with Crippen molar-refractivity contribution >= 4 is 60.3 Å². The van der Waals surface area contributed by atoms with Crippen LogP contribution in [-0.4, -0.2) is 175 Å².